The van der Waals surface area contributed by atoms with Gasteiger partial charge in [-0.05, 0) is 51.1 Å². The van der Waals surface area contributed by atoms with Crippen LogP contribution in [0, 0.1) is 5.92 Å². The van der Waals surface area contributed by atoms with Crippen molar-refractivity contribution in [1.29, 1.82) is 0 Å². The number of unbranched alkanes of at least 4 members (excludes halogenated alkanes) is 1. The molecule has 0 bridgehead atoms. The van der Waals surface area contributed by atoms with E-state index in [0.717, 1.165) is 70.9 Å². The third-order valence-corrected chi connectivity index (χ3v) is 5.28. The van der Waals surface area contributed by atoms with Crippen LogP contribution in [0.15, 0.2) is 0 Å². The van der Waals surface area contributed by atoms with Crippen LogP contribution in [-0.2, 0) is 9.59 Å². The van der Waals surface area contributed by atoms with Crippen molar-refractivity contribution in [2.75, 3.05) is 19.6 Å². The van der Waals surface area contributed by atoms with Crippen LogP contribution in [0.2, 0.25) is 0 Å². The summed E-state index contributed by atoms with van der Waals surface area (Å²) in [5.41, 5.74) is -0.656. The Hall–Kier alpha value is -1.10. The van der Waals surface area contributed by atoms with Crippen LogP contribution in [-0.4, -0.2) is 37.0 Å². The Kier molecular flexibility index (Phi) is 7.34. The molecule has 0 spiro atoms. The summed E-state index contributed by atoms with van der Waals surface area (Å²) in [6.45, 7) is 4.91. The average Bonchev–Trinajstić information content (AvgIpc) is 3.07. The van der Waals surface area contributed by atoms with Gasteiger partial charge in [-0.3, -0.25) is 9.59 Å². The molecule has 132 valence electrons. The number of amides is 2. The van der Waals surface area contributed by atoms with Crippen molar-refractivity contribution in [3.63, 3.8) is 0 Å². The Balaban J connectivity index is 1.85. The highest BCUT2D eigenvalue weighted by Crippen LogP contribution is 2.29. The van der Waals surface area contributed by atoms with Crippen LogP contribution >= 0.6 is 0 Å². The molecule has 0 aromatic carbocycles. The number of nitrogens with one attached hydrogen (secondary N) is 3. The van der Waals surface area contributed by atoms with E-state index in [0.29, 0.717) is 18.9 Å². The first kappa shape index (κ1) is 18.2. The number of hydrogen-bond donors (Lipinski definition) is 3. The third kappa shape index (κ3) is 5.48. The van der Waals surface area contributed by atoms with Gasteiger partial charge in [0.2, 0.25) is 11.8 Å². The first-order valence-electron chi connectivity index (χ1n) is 9.46. The van der Waals surface area contributed by atoms with Crippen molar-refractivity contribution in [1.82, 2.24) is 16.0 Å². The molecule has 1 saturated carbocycles. The predicted octanol–water partition coefficient (Wildman–Crippen LogP) is 2.11. The monoisotopic (exact) mass is 323 g/mol. The Bertz CT molecular complexity index is 386. The molecule has 0 aromatic heterocycles. The summed E-state index contributed by atoms with van der Waals surface area (Å²) in [7, 11) is 0. The number of hydrogen-bond acceptors (Lipinski definition) is 3. The minimum absolute atomic E-state index is 0.0292. The van der Waals surface area contributed by atoms with Crippen LogP contribution < -0.4 is 16.0 Å². The molecule has 1 heterocycles. The topological polar surface area (TPSA) is 70.2 Å². The normalized spacial score (nSPS) is 23.4. The summed E-state index contributed by atoms with van der Waals surface area (Å²) in [5.74, 6) is 0.687. The van der Waals surface area contributed by atoms with E-state index < -0.39 is 5.54 Å². The van der Waals surface area contributed by atoms with Gasteiger partial charge in [0.1, 0.15) is 5.54 Å². The number of carbonyl (C=O) groups is 2. The van der Waals surface area contributed by atoms with Crippen LogP contribution in [0.25, 0.3) is 0 Å². The van der Waals surface area contributed by atoms with Crippen molar-refractivity contribution in [2.45, 2.75) is 76.7 Å². The average molecular weight is 323 g/mol. The maximum atomic E-state index is 12.7. The lowest BCUT2D eigenvalue weighted by molar-refractivity contribution is -0.135. The lowest BCUT2D eigenvalue weighted by Gasteiger charge is -2.36. The smallest absolute Gasteiger partial charge is 0.245 e. The van der Waals surface area contributed by atoms with Gasteiger partial charge in [0, 0.05) is 13.0 Å². The van der Waals surface area contributed by atoms with Gasteiger partial charge in [0.05, 0.1) is 0 Å². The molecule has 0 aromatic rings. The molecular formula is C18H33N3O2. The molecule has 1 saturated heterocycles. The SMILES string of the molecule is CCCCNC(=O)C1(NC(=O)CCC2CCNC2)CCCCC1. The summed E-state index contributed by atoms with van der Waals surface area (Å²) >= 11 is 0. The molecule has 1 atom stereocenters. The molecule has 5 nitrogen and oxygen atoms in total. The third-order valence-electron chi connectivity index (χ3n) is 5.28. The van der Waals surface area contributed by atoms with E-state index in [1.165, 1.54) is 0 Å². The highest BCUT2D eigenvalue weighted by atomic mass is 16.2. The van der Waals surface area contributed by atoms with Crippen molar-refractivity contribution in [3.8, 4) is 0 Å². The summed E-state index contributed by atoms with van der Waals surface area (Å²) in [6.07, 6.45) is 9.44. The largest absolute Gasteiger partial charge is 0.354 e. The van der Waals surface area contributed by atoms with E-state index >= 15 is 0 Å². The molecule has 1 aliphatic heterocycles. The number of rotatable bonds is 8. The molecule has 1 unspecified atom stereocenters. The molecule has 23 heavy (non-hydrogen) atoms. The second kappa shape index (κ2) is 9.26. The van der Waals surface area contributed by atoms with Crippen molar-refractivity contribution >= 4 is 11.8 Å². The summed E-state index contributed by atoms with van der Waals surface area (Å²) in [6, 6.07) is 0. The van der Waals surface area contributed by atoms with Gasteiger partial charge < -0.3 is 16.0 Å². The lowest BCUT2D eigenvalue weighted by Crippen LogP contribution is -2.59. The second-order valence-electron chi connectivity index (χ2n) is 7.20. The Morgan fingerprint density at radius 2 is 2.00 bits per heavy atom. The summed E-state index contributed by atoms with van der Waals surface area (Å²) in [4.78, 5) is 25.1. The van der Waals surface area contributed by atoms with E-state index in [9.17, 15) is 9.59 Å². The van der Waals surface area contributed by atoms with Gasteiger partial charge in [-0.15, -0.1) is 0 Å². The zero-order valence-corrected chi connectivity index (χ0v) is 14.6. The molecule has 0 radical (unpaired) electrons. The van der Waals surface area contributed by atoms with Gasteiger partial charge in [0.25, 0.3) is 0 Å². The molecule has 3 N–H and O–H groups in total. The fourth-order valence-corrected chi connectivity index (χ4v) is 3.74. The molecule has 5 heteroatoms. The summed E-state index contributed by atoms with van der Waals surface area (Å²) < 4.78 is 0. The highest BCUT2D eigenvalue weighted by Gasteiger charge is 2.40. The molecule has 2 aliphatic rings. The Morgan fingerprint density at radius 3 is 2.65 bits per heavy atom. The first-order chi connectivity index (χ1) is 11.2. The van der Waals surface area contributed by atoms with Gasteiger partial charge in [-0.2, -0.15) is 0 Å². The van der Waals surface area contributed by atoms with E-state index in [4.69, 9.17) is 0 Å². The molecule has 2 fully saturated rings. The van der Waals surface area contributed by atoms with E-state index in [1.807, 2.05) is 0 Å². The maximum absolute atomic E-state index is 12.7. The fourth-order valence-electron chi connectivity index (χ4n) is 3.74. The Morgan fingerprint density at radius 1 is 1.22 bits per heavy atom. The van der Waals surface area contributed by atoms with Gasteiger partial charge in [-0.25, -0.2) is 0 Å². The van der Waals surface area contributed by atoms with Gasteiger partial charge in [0.15, 0.2) is 0 Å². The highest BCUT2D eigenvalue weighted by molar-refractivity contribution is 5.91. The zero-order valence-electron chi connectivity index (χ0n) is 14.6. The quantitative estimate of drug-likeness (QED) is 0.599. The minimum atomic E-state index is -0.656. The van der Waals surface area contributed by atoms with Crippen LogP contribution in [0.4, 0.5) is 0 Å². The van der Waals surface area contributed by atoms with Crippen molar-refractivity contribution in [3.05, 3.63) is 0 Å². The van der Waals surface area contributed by atoms with Crippen molar-refractivity contribution in [2.24, 2.45) is 5.92 Å². The molecule has 2 rings (SSSR count). The number of carbonyl (C=O) groups excluding carboxylic acids is 2. The van der Waals surface area contributed by atoms with Crippen molar-refractivity contribution < 1.29 is 9.59 Å². The molecule has 2 amide bonds. The fraction of sp³-hybridized carbons (Fsp3) is 0.889. The lowest BCUT2D eigenvalue weighted by atomic mass is 9.80. The second-order valence-corrected chi connectivity index (χ2v) is 7.20. The zero-order chi connectivity index (χ0) is 16.5. The van der Waals surface area contributed by atoms with Gasteiger partial charge in [-0.1, -0.05) is 32.6 Å². The Labute approximate surface area is 140 Å². The van der Waals surface area contributed by atoms with Crippen LogP contribution in [0.5, 0.6) is 0 Å². The standard InChI is InChI=1S/C18H33N3O2/c1-2-3-12-20-17(23)18(10-5-4-6-11-18)21-16(22)8-7-15-9-13-19-14-15/h15,19H,2-14H2,1H3,(H,20,23)(H,21,22). The predicted molar refractivity (Wildman–Crippen MR) is 92.1 cm³/mol. The molecular weight excluding hydrogens is 290 g/mol. The van der Waals surface area contributed by atoms with E-state index in [-0.39, 0.29) is 11.8 Å². The maximum Gasteiger partial charge on any atom is 0.245 e. The summed E-state index contributed by atoms with van der Waals surface area (Å²) in [5, 5.41) is 9.48. The minimum Gasteiger partial charge on any atom is -0.354 e. The molecule has 1 aliphatic carbocycles. The van der Waals surface area contributed by atoms with Crippen LogP contribution in [0.3, 0.4) is 0 Å². The van der Waals surface area contributed by atoms with Gasteiger partial charge >= 0.3 is 0 Å². The van der Waals surface area contributed by atoms with E-state index in [2.05, 4.69) is 22.9 Å². The first-order valence-corrected chi connectivity index (χ1v) is 9.46. The van der Waals surface area contributed by atoms with Crippen LogP contribution in [0.1, 0.15) is 71.1 Å². The van der Waals surface area contributed by atoms with E-state index in [1.54, 1.807) is 0 Å².